The molecule has 1 aliphatic carbocycles. The largest absolute Gasteiger partial charge is 0.317 e. The van der Waals surface area contributed by atoms with Gasteiger partial charge in [0.15, 0.2) is 0 Å². The molecule has 1 rings (SSSR count). The van der Waals surface area contributed by atoms with Crippen molar-refractivity contribution in [3.63, 3.8) is 0 Å². The Hall–Kier alpha value is -0.160. The van der Waals surface area contributed by atoms with Crippen LogP contribution in [0.5, 0.6) is 0 Å². The molecule has 0 amide bonds. The lowest BCUT2D eigenvalue weighted by Crippen LogP contribution is -2.41. The molecule has 132 valence electrons. The van der Waals surface area contributed by atoms with Gasteiger partial charge in [0.1, 0.15) is 0 Å². The highest BCUT2D eigenvalue weighted by molar-refractivity contribution is 4.83. The van der Waals surface area contributed by atoms with Crippen LogP contribution in [0.1, 0.15) is 52.4 Å². The summed E-state index contributed by atoms with van der Waals surface area (Å²) in [5.41, 5.74) is 0. The van der Waals surface area contributed by atoms with Crippen molar-refractivity contribution in [2.75, 3.05) is 52.4 Å². The van der Waals surface area contributed by atoms with Gasteiger partial charge in [-0.15, -0.1) is 0 Å². The molecule has 1 saturated carbocycles. The highest BCUT2D eigenvalue weighted by atomic mass is 14.9. The van der Waals surface area contributed by atoms with Gasteiger partial charge >= 0.3 is 0 Å². The van der Waals surface area contributed by atoms with Crippen molar-refractivity contribution in [1.29, 1.82) is 0 Å². The summed E-state index contributed by atoms with van der Waals surface area (Å²) in [5.74, 6) is 1.82. The third kappa shape index (κ3) is 9.78. The first-order valence-corrected chi connectivity index (χ1v) is 9.71. The molecule has 2 atom stereocenters. The van der Waals surface area contributed by atoms with Crippen LogP contribution < -0.4 is 21.3 Å². The number of rotatable bonds is 16. The van der Waals surface area contributed by atoms with Crippen LogP contribution in [0.2, 0.25) is 0 Å². The van der Waals surface area contributed by atoms with Gasteiger partial charge in [-0.25, -0.2) is 0 Å². The lowest BCUT2D eigenvalue weighted by atomic mass is 9.73. The smallest absolute Gasteiger partial charge is 0.00174 e. The molecule has 4 heteroatoms. The second-order valence-corrected chi connectivity index (χ2v) is 6.71. The molecule has 2 unspecified atom stereocenters. The molecular weight excluding hydrogens is 272 g/mol. The van der Waals surface area contributed by atoms with Gasteiger partial charge in [-0.3, -0.25) is 0 Å². The first-order valence-electron chi connectivity index (χ1n) is 9.71. The molecule has 0 bridgehead atoms. The van der Waals surface area contributed by atoms with E-state index in [1.165, 1.54) is 51.6 Å². The minimum Gasteiger partial charge on any atom is -0.317 e. The van der Waals surface area contributed by atoms with Gasteiger partial charge in [-0.1, -0.05) is 13.8 Å². The van der Waals surface area contributed by atoms with Crippen LogP contribution in [0.25, 0.3) is 0 Å². The molecule has 0 radical (unpaired) electrons. The van der Waals surface area contributed by atoms with Gasteiger partial charge in [-0.2, -0.15) is 0 Å². The van der Waals surface area contributed by atoms with E-state index in [-0.39, 0.29) is 0 Å². The molecule has 0 aromatic rings. The third-order valence-electron chi connectivity index (χ3n) is 4.66. The fraction of sp³-hybridized carbons (Fsp3) is 1.00. The van der Waals surface area contributed by atoms with Crippen LogP contribution in [0.3, 0.4) is 0 Å². The van der Waals surface area contributed by atoms with Crippen LogP contribution in [-0.4, -0.2) is 52.4 Å². The molecule has 0 spiro atoms. The summed E-state index contributed by atoms with van der Waals surface area (Å²) in [6.45, 7) is 13.8. The van der Waals surface area contributed by atoms with E-state index in [1.807, 2.05) is 0 Å². The van der Waals surface area contributed by atoms with Gasteiger partial charge < -0.3 is 21.3 Å². The number of hydrogen-bond acceptors (Lipinski definition) is 4. The van der Waals surface area contributed by atoms with Crippen molar-refractivity contribution in [1.82, 2.24) is 21.3 Å². The molecule has 1 aliphatic rings. The Balaban J connectivity index is 1.84. The highest BCUT2D eigenvalue weighted by Gasteiger charge is 2.29. The Morgan fingerprint density at radius 2 is 1.00 bits per heavy atom. The van der Waals surface area contributed by atoms with Gasteiger partial charge in [0.2, 0.25) is 0 Å². The van der Waals surface area contributed by atoms with Crippen LogP contribution >= 0.6 is 0 Å². The maximum atomic E-state index is 3.64. The van der Waals surface area contributed by atoms with Crippen molar-refractivity contribution < 1.29 is 0 Å². The summed E-state index contributed by atoms with van der Waals surface area (Å²) < 4.78 is 0. The summed E-state index contributed by atoms with van der Waals surface area (Å²) in [4.78, 5) is 0. The molecule has 4 nitrogen and oxygen atoms in total. The maximum absolute atomic E-state index is 3.64. The second kappa shape index (κ2) is 14.4. The van der Waals surface area contributed by atoms with Crippen molar-refractivity contribution >= 4 is 0 Å². The zero-order chi connectivity index (χ0) is 15.9. The first-order chi connectivity index (χ1) is 10.9. The summed E-state index contributed by atoms with van der Waals surface area (Å²) >= 11 is 0. The maximum Gasteiger partial charge on any atom is -0.00174 e. The zero-order valence-electron chi connectivity index (χ0n) is 15.1. The topological polar surface area (TPSA) is 48.1 Å². The molecule has 0 saturated heterocycles. The normalized spacial score (nSPS) is 21.0. The molecule has 0 heterocycles. The second-order valence-electron chi connectivity index (χ2n) is 6.71. The van der Waals surface area contributed by atoms with E-state index in [0.29, 0.717) is 0 Å². The highest BCUT2D eigenvalue weighted by Crippen LogP contribution is 2.32. The molecule has 0 aromatic carbocycles. The SMILES string of the molecule is CCCNCCCNCC1CCC1CNCCCNCCC. The predicted molar refractivity (Wildman–Crippen MR) is 97.5 cm³/mol. The molecule has 4 N–H and O–H groups in total. The van der Waals surface area contributed by atoms with Crippen molar-refractivity contribution in [3.8, 4) is 0 Å². The van der Waals surface area contributed by atoms with E-state index < -0.39 is 0 Å². The minimum atomic E-state index is 0.911. The Labute approximate surface area is 138 Å². The van der Waals surface area contributed by atoms with Gasteiger partial charge in [0, 0.05) is 0 Å². The van der Waals surface area contributed by atoms with E-state index in [2.05, 4.69) is 35.1 Å². The standard InChI is InChI=1S/C18H40N4/c1-3-9-19-11-5-13-21-15-17-7-8-18(17)16-22-14-6-12-20-10-4-2/h17-22H,3-16H2,1-2H3. The number of hydrogen-bond donors (Lipinski definition) is 4. The van der Waals surface area contributed by atoms with Crippen LogP contribution in [0.15, 0.2) is 0 Å². The van der Waals surface area contributed by atoms with Crippen LogP contribution in [0.4, 0.5) is 0 Å². The monoisotopic (exact) mass is 312 g/mol. The molecule has 0 aliphatic heterocycles. The minimum absolute atomic E-state index is 0.911. The Morgan fingerprint density at radius 1 is 0.591 bits per heavy atom. The van der Waals surface area contributed by atoms with E-state index in [4.69, 9.17) is 0 Å². The zero-order valence-corrected chi connectivity index (χ0v) is 15.1. The van der Waals surface area contributed by atoms with E-state index in [1.54, 1.807) is 0 Å². The van der Waals surface area contributed by atoms with E-state index in [0.717, 1.165) is 51.1 Å². The van der Waals surface area contributed by atoms with Crippen LogP contribution in [-0.2, 0) is 0 Å². The Kier molecular flexibility index (Phi) is 13.0. The van der Waals surface area contributed by atoms with E-state index >= 15 is 0 Å². The lowest BCUT2D eigenvalue weighted by molar-refractivity contribution is 0.167. The number of nitrogens with one attached hydrogen (secondary N) is 4. The van der Waals surface area contributed by atoms with Crippen molar-refractivity contribution in [3.05, 3.63) is 0 Å². The molecule has 1 fully saturated rings. The average Bonchev–Trinajstić information content (AvgIpc) is 2.51. The lowest BCUT2D eigenvalue weighted by Gasteiger charge is -2.37. The van der Waals surface area contributed by atoms with Gasteiger partial charge in [0.05, 0.1) is 0 Å². The van der Waals surface area contributed by atoms with Crippen LogP contribution in [0, 0.1) is 11.8 Å². The fourth-order valence-electron chi connectivity index (χ4n) is 3.03. The van der Waals surface area contributed by atoms with Gasteiger partial charge in [0.25, 0.3) is 0 Å². The Bertz CT molecular complexity index is 211. The van der Waals surface area contributed by atoms with Crippen molar-refractivity contribution in [2.24, 2.45) is 11.8 Å². The summed E-state index contributed by atoms with van der Waals surface area (Å²) in [7, 11) is 0. The van der Waals surface area contributed by atoms with Crippen molar-refractivity contribution in [2.45, 2.75) is 52.4 Å². The summed E-state index contributed by atoms with van der Waals surface area (Å²) in [5, 5.41) is 14.2. The molecular formula is C18H40N4. The summed E-state index contributed by atoms with van der Waals surface area (Å²) in [6.07, 6.45) is 7.81. The predicted octanol–water partition coefficient (Wildman–Crippen LogP) is 1.97. The average molecular weight is 313 g/mol. The third-order valence-corrected chi connectivity index (χ3v) is 4.66. The molecule has 22 heavy (non-hydrogen) atoms. The fourth-order valence-corrected chi connectivity index (χ4v) is 3.03. The van der Waals surface area contributed by atoms with E-state index in [9.17, 15) is 0 Å². The quantitative estimate of drug-likeness (QED) is 0.329. The molecule has 0 aromatic heterocycles. The van der Waals surface area contributed by atoms with Gasteiger partial charge in [-0.05, 0) is 103 Å². The first kappa shape index (κ1) is 19.9. The summed E-state index contributed by atoms with van der Waals surface area (Å²) in [6, 6.07) is 0. The Morgan fingerprint density at radius 3 is 1.36 bits per heavy atom.